The standard InChI is InChI=1S/C16H18O4/c1-4-5-6-14(17)16(15(18)19-3)10-12-8-7-11(2)9-13(12)20-16/h4,7-9H,1,5-6,10H2,2-3H3. The Balaban J connectivity index is 2.35. The first kappa shape index (κ1) is 14.3. The summed E-state index contributed by atoms with van der Waals surface area (Å²) in [6.45, 7) is 5.52. The first-order chi connectivity index (χ1) is 9.53. The maximum atomic E-state index is 12.4. The Kier molecular flexibility index (Phi) is 3.93. The summed E-state index contributed by atoms with van der Waals surface area (Å²) in [6, 6.07) is 5.65. The van der Waals surface area contributed by atoms with E-state index < -0.39 is 11.6 Å². The molecule has 0 aromatic heterocycles. The highest BCUT2D eigenvalue weighted by Gasteiger charge is 2.53. The van der Waals surface area contributed by atoms with E-state index in [9.17, 15) is 9.59 Å². The van der Waals surface area contributed by atoms with Crippen molar-refractivity contribution >= 4 is 11.8 Å². The SMILES string of the molecule is C=CCCC(=O)C1(C(=O)OC)Cc2ccc(C)cc2O1. The van der Waals surface area contributed by atoms with Gasteiger partial charge < -0.3 is 9.47 Å². The molecule has 4 heteroatoms. The molecule has 0 N–H and O–H groups in total. The number of hydrogen-bond acceptors (Lipinski definition) is 4. The maximum absolute atomic E-state index is 12.4. The van der Waals surface area contributed by atoms with Gasteiger partial charge in [0.15, 0.2) is 5.78 Å². The molecule has 0 amide bonds. The molecule has 1 unspecified atom stereocenters. The number of benzene rings is 1. The number of ketones is 1. The number of ether oxygens (including phenoxy) is 2. The van der Waals surface area contributed by atoms with Gasteiger partial charge in [0.25, 0.3) is 5.60 Å². The topological polar surface area (TPSA) is 52.6 Å². The van der Waals surface area contributed by atoms with E-state index >= 15 is 0 Å². The molecule has 0 spiro atoms. The van der Waals surface area contributed by atoms with Gasteiger partial charge in [-0.1, -0.05) is 18.2 Å². The van der Waals surface area contributed by atoms with Gasteiger partial charge in [0.2, 0.25) is 0 Å². The minimum atomic E-state index is -1.53. The van der Waals surface area contributed by atoms with Gasteiger partial charge in [-0.25, -0.2) is 4.79 Å². The van der Waals surface area contributed by atoms with Crippen molar-refractivity contribution < 1.29 is 19.1 Å². The molecule has 0 fully saturated rings. The van der Waals surface area contributed by atoms with Crippen LogP contribution < -0.4 is 4.74 Å². The van der Waals surface area contributed by atoms with Crippen LogP contribution in [0, 0.1) is 6.92 Å². The van der Waals surface area contributed by atoms with E-state index in [0.29, 0.717) is 12.2 Å². The Morgan fingerprint density at radius 2 is 2.25 bits per heavy atom. The summed E-state index contributed by atoms with van der Waals surface area (Å²) in [5.74, 6) is -0.319. The molecular weight excluding hydrogens is 256 g/mol. The quantitative estimate of drug-likeness (QED) is 0.470. The third kappa shape index (κ3) is 2.33. The molecule has 1 atom stereocenters. The summed E-state index contributed by atoms with van der Waals surface area (Å²) in [6.07, 6.45) is 2.60. The van der Waals surface area contributed by atoms with Crippen molar-refractivity contribution in [2.45, 2.75) is 31.8 Å². The summed E-state index contributed by atoms with van der Waals surface area (Å²) >= 11 is 0. The lowest BCUT2D eigenvalue weighted by Gasteiger charge is -2.24. The lowest BCUT2D eigenvalue weighted by Crippen LogP contribution is -2.51. The first-order valence-electron chi connectivity index (χ1n) is 6.54. The number of methoxy groups -OCH3 is 1. The summed E-state index contributed by atoms with van der Waals surface area (Å²) < 4.78 is 10.5. The molecule has 0 bridgehead atoms. The Hall–Kier alpha value is -2.10. The van der Waals surface area contributed by atoms with Gasteiger partial charge in [0.05, 0.1) is 7.11 Å². The van der Waals surface area contributed by atoms with Crippen molar-refractivity contribution in [1.29, 1.82) is 0 Å². The van der Waals surface area contributed by atoms with Crippen molar-refractivity contribution in [2.75, 3.05) is 7.11 Å². The number of fused-ring (bicyclic) bond motifs is 1. The largest absolute Gasteiger partial charge is 0.467 e. The summed E-state index contributed by atoms with van der Waals surface area (Å²) in [7, 11) is 1.27. The van der Waals surface area contributed by atoms with Crippen LogP contribution in [0.1, 0.15) is 24.0 Å². The van der Waals surface area contributed by atoms with Crippen LogP contribution in [0.3, 0.4) is 0 Å². The van der Waals surface area contributed by atoms with Crippen molar-refractivity contribution in [2.24, 2.45) is 0 Å². The molecule has 2 rings (SSSR count). The fraction of sp³-hybridized carbons (Fsp3) is 0.375. The monoisotopic (exact) mass is 274 g/mol. The van der Waals surface area contributed by atoms with Crippen LogP contribution in [0.5, 0.6) is 5.75 Å². The molecule has 1 aromatic rings. The van der Waals surface area contributed by atoms with E-state index in [1.165, 1.54) is 7.11 Å². The van der Waals surface area contributed by atoms with Crippen LogP contribution in [0.2, 0.25) is 0 Å². The second kappa shape index (κ2) is 5.49. The maximum Gasteiger partial charge on any atom is 0.358 e. The number of aryl methyl sites for hydroxylation is 1. The van der Waals surface area contributed by atoms with E-state index in [-0.39, 0.29) is 18.6 Å². The van der Waals surface area contributed by atoms with Gasteiger partial charge in [0, 0.05) is 12.8 Å². The number of Topliss-reactive ketones (excluding diaryl/α,β-unsaturated/α-hetero) is 1. The zero-order valence-electron chi connectivity index (χ0n) is 11.8. The van der Waals surface area contributed by atoms with Crippen molar-refractivity contribution in [3.8, 4) is 5.75 Å². The molecule has 0 aliphatic carbocycles. The minimum absolute atomic E-state index is 0.214. The summed E-state index contributed by atoms with van der Waals surface area (Å²) in [4.78, 5) is 24.5. The van der Waals surface area contributed by atoms with E-state index in [0.717, 1.165) is 11.1 Å². The lowest BCUT2D eigenvalue weighted by molar-refractivity contribution is -0.163. The van der Waals surface area contributed by atoms with Gasteiger partial charge in [-0.2, -0.15) is 0 Å². The smallest absolute Gasteiger partial charge is 0.358 e. The molecular formula is C16H18O4. The molecule has 1 heterocycles. The number of hydrogen-bond donors (Lipinski definition) is 0. The highest BCUT2D eigenvalue weighted by atomic mass is 16.6. The van der Waals surface area contributed by atoms with Gasteiger partial charge in [-0.15, -0.1) is 6.58 Å². The van der Waals surface area contributed by atoms with E-state index in [4.69, 9.17) is 9.47 Å². The second-order valence-electron chi connectivity index (χ2n) is 4.96. The van der Waals surface area contributed by atoms with Gasteiger partial charge >= 0.3 is 5.97 Å². The number of carbonyl (C=O) groups excluding carboxylic acids is 2. The number of rotatable bonds is 5. The van der Waals surface area contributed by atoms with Crippen LogP contribution in [-0.2, 0) is 20.7 Å². The average Bonchev–Trinajstić information content (AvgIpc) is 2.83. The summed E-state index contributed by atoms with van der Waals surface area (Å²) in [5, 5.41) is 0. The lowest BCUT2D eigenvalue weighted by atomic mass is 9.90. The zero-order valence-corrected chi connectivity index (χ0v) is 11.8. The molecule has 4 nitrogen and oxygen atoms in total. The number of esters is 1. The van der Waals surface area contributed by atoms with Crippen LogP contribution in [-0.4, -0.2) is 24.5 Å². The Morgan fingerprint density at radius 1 is 1.50 bits per heavy atom. The second-order valence-corrected chi connectivity index (χ2v) is 4.96. The molecule has 20 heavy (non-hydrogen) atoms. The molecule has 1 aliphatic heterocycles. The van der Waals surface area contributed by atoms with Crippen LogP contribution >= 0.6 is 0 Å². The molecule has 106 valence electrons. The van der Waals surface area contributed by atoms with Crippen LogP contribution in [0.25, 0.3) is 0 Å². The minimum Gasteiger partial charge on any atom is -0.467 e. The predicted molar refractivity (Wildman–Crippen MR) is 74.7 cm³/mol. The van der Waals surface area contributed by atoms with E-state index in [2.05, 4.69) is 6.58 Å². The van der Waals surface area contributed by atoms with Gasteiger partial charge in [0.1, 0.15) is 5.75 Å². The summed E-state index contributed by atoms with van der Waals surface area (Å²) in [5.41, 5.74) is 0.337. The third-order valence-electron chi connectivity index (χ3n) is 3.49. The molecule has 0 radical (unpaired) electrons. The fourth-order valence-electron chi connectivity index (χ4n) is 2.38. The number of carbonyl (C=O) groups is 2. The van der Waals surface area contributed by atoms with Crippen LogP contribution in [0.4, 0.5) is 0 Å². The van der Waals surface area contributed by atoms with Gasteiger partial charge in [-0.05, 0) is 30.5 Å². The molecule has 1 aromatic carbocycles. The zero-order chi connectivity index (χ0) is 14.8. The molecule has 0 saturated carbocycles. The normalized spacial score (nSPS) is 19.9. The van der Waals surface area contributed by atoms with Crippen molar-refractivity contribution in [1.82, 2.24) is 0 Å². The van der Waals surface area contributed by atoms with Crippen molar-refractivity contribution in [3.63, 3.8) is 0 Å². The van der Waals surface area contributed by atoms with Gasteiger partial charge in [-0.3, -0.25) is 4.79 Å². The first-order valence-corrected chi connectivity index (χ1v) is 6.54. The Morgan fingerprint density at radius 3 is 2.90 bits per heavy atom. The number of allylic oxidation sites excluding steroid dienone is 1. The predicted octanol–water partition coefficient (Wildman–Crippen LogP) is 2.38. The van der Waals surface area contributed by atoms with Crippen LogP contribution in [0.15, 0.2) is 30.9 Å². The highest BCUT2D eigenvalue weighted by molar-refractivity contribution is 6.08. The van der Waals surface area contributed by atoms with Crippen molar-refractivity contribution in [3.05, 3.63) is 42.0 Å². The fourth-order valence-corrected chi connectivity index (χ4v) is 2.38. The average molecular weight is 274 g/mol. The van der Waals surface area contributed by atoms with E-state index in [1.807, 2.05) is 25.1 Å². The Bertz CT molecular complexity index is 562. The molecule has 1 aliphatic rings. The molecule has 0 saturated heterocycles. The Labute approximate surface area is 118 Å². The third-order valence-corrected chi connectivity index (χ3v) is 3.49. The van der Waals surface area contributed by atoms with E-state index in [1.54, 1.807) is 6.08 Å². The highest BCUT2D eigenvalue weighted by Crippen LogP contribution is 2.38.